The number of rotatable bonds is 4. The van der Waals surface area contributed by atoms with Crippen molar-refractivity contribution in [1.29, 1.82) is 0 Å². The number of alkyl halides is 6. The predicted octanol–water partition coefficient (Wildman–Crippen LogP) is 3.63. The van der Waals surface area contributed by atoms with Crippen molar-refractivity contribution in [3.8, 4) is 5.75 Å². The first-order valence-electron chi connectivity index (χ1n) is 4.37. The van der Waals surface area contributed by atoms with Gasteiger partial charge in [0.15, 0.2) is 12.0 Å². The molecule has 0 fully saturated rings. The van der Waals surface area contributed by atoms with Gasteiger partial charge in [0, 0.05) is 10.9 Å². The Bertz CT molecular complexity index is 449. The van der Waals surface area contributed by atoms with Crippen molar-refractivity contribution in [2.45, 2.75) is 18.1 Å². The van der Waals surface area contributed by atoms with E-state index >= 15 is 0 Å². The van der Waals surface area contributed by atoms with E-state index in [1.54, 1.807) is 0 Å². The largest absolute Gasteiger partial charge is 0.573 e. The summed E-state index contributed by atoms with van der Waals surface area (Å²) in [4.78, 5) is 13.9. The second-order valence-electron chi connectivity index (χ2n) is 3.00. The molecular formula is C9H5BrF5NO2. The van der Waals surface area contributed by atoms with Gasteiger partial charge in [-0.15, -0.1) is 13.2 Å². The Morgan fingerprint density at radius 2 is 2.06 bits per heavy atom. The van der Waals surface area contributed by atoms with Crippen molar-refractivity contribution in [3.05, 3.63) is 23.0 Å². The fraction of sp³-hybridized carbons (Fsp3) is 0.333. The summed E-state index contributed by atoms with van der Waals surface area (Å²) in [6.45, 7) is 0. The molecular weight excluding hydrogens is 329 g/mol. The molecule has 0 aromatic carbocycles. The molecule has 1 heterocycles. The zero-order valence-electron chi connectivity index (χ0n) is 8.47. The minimum atomic E-state index is -5.11. The number of aromatic nitrogens is 1. The van der Waals surface area contributed by atoms with E-state index in [9.17, 15) is 26.7 Å². The first kappa shape index (κ1) is 14.8. The van der Waals surface area contributed by atoms with E-state index in [1.807, 2.05) is 0 Å². The summed E-state index contributed by atoms with van der Waals surface area (Å²) in [5.41, 5.74) is -1.69. The van der Waals surface area contributed by atoms with Gasteiger partial charge in [0.1, 0.15) is 5.69 Å². The standard InChI is InChI=1S/C9H5BrF5NO2/c10-1-4-5(3-17)16-2-6(7(4)8(11)12)18-9(13,14)15/h2-3,8H,1H2. The second kappa shape index (κ2) is 5.59. The molecule has 0 aliphatic heterocycles. The Labute approximate surface area is 106 Å². The molecule has 0 bridgehead atoms. The third-order valence-electron chi connectivity index (χ3n) is 1.91. The van der Waals surface area contributed by atoms with Gasteiger partial charge in [-0.3, -0.25) is 4.79 Å². The molecule has 0 atom stereocenters. The second-order valence-corrected chi connectivity index (χ2v) is 3.56. The lowest BCUT2D eigenvalue weighted by Crippen LogP contribution is -2.19. The van der Waals surface area contributed by atoms with Gasteiger partial charge < -0.3 is 4.74 Å². The van der Waals surface area contributed by atoms with Gasteiger partial charge in [0.2, 0.25) is 0 Å². The smallest absolute Gasteiger partial charge is 0.404 e. The molecule has 0 amide bonds. The number of halogens is 6. The number of pyridine rings is 1. The first-order chi connectivity index (χ1) is 8.30. The number of ether oxygens (including phenoxy) is 1. The fourth-order valence-corrected chi connectivity index (χ4v) is 1.84. The van der Waals surface area contributed by atoms with Crippen LogP contribution in [-0.2, 0) is 5.33 Å². The van der Waals surface area contributed by atoms with E-state index in [1.165, 1.54) is 0 Å². The van der Waals surface area contributed by atoms with E-state index < -0.39 is 24.1 Å². The van der Waals surface area contributed by atoms with Crippen molar-refractivity contribution in [2.24, 2.45) is 0 Å². The summed E-state index contributed by atoms with van der Waals surface area (Å²) in [6.07, 6.45) is -7.71. The van der Waals surface area contributed by atoms with E-state index in [2.05, 4.69) is 25.7 Å². The van der Waals surface area contributed by atoms with Crippen LogP contribution >= 0.6 is 15.9 Å². The van der Waals surface area contributed by atoms with Gasteiger partial charge in [0.25, 0.3) is 6.43 Å². The highest BCUT2D eigenvalue weighted by atomic mass is 79.9. The number of hydrogen-bond donors (Lipinski definition) is 0. The number of carbonyl (C=O) groups excluding carboxylic acids is 1. The first-order valence-corrected chi connectivity index (χ1v) is 5.49. The molecule has 0 spiro atoms. The van der Waals surface area contributed by atoms with Crippen LogP contribution in [0.2, 0.25) is 0 Å². The lowest BCUT2D eigenvalue weighted by molar-refractivity contribution is -0.275. The van der Waals surface area contributed by atoms with Crippen LogP contribution in [0.1, 0.15) is 28.0 Å². The Kier molecular flexibility index (Phi) is 4.60. The monoisotopic (exact) mass is 333 g/mol. The normalized spacial score (nSPS) is 11.7. The molecule has 0 saturated carbocycles. The third-order valence-corrected chi connectivity index (χ3v) is 2.47. The number of nitrogens with zero attached hydrogens (tertiary/aromatic N) is 1. The van der Waals surface area contributed by atoms with E-state index in [4.69, 9.17) is 0 Å². The zero-order chi connectivity index (χ0) is 13.9. The van der Waals surface area contributed by atoms with Crippen LogP contribution in [0, 0.1) is 0 Å². The molecule has 1 aromatic heterocycles. The van der Waals surface area contributed by atoms with Gasteiger partial charge in [-0.1, -0.05) is 15.9 Å². The number of hydrogen-bond acceptors (Lipinski definition) is 3. The van der Waals surface area contributed by atoms with Crippen LogP contribution in [0.25, 0.3) is 0 Å². The van der Waals surface area contributed by atoms with Crippen LogP contribution in [0.3, 0.4) is 0 Å². The lowest BCUT2D eigenvalue weighted by Gasteiger charge is -2.15. The molecule has 0 aliphatic rings. The summed E-state index contributed by atoms with van der Waals surface area (Å²) >= 11 is 2.81. The van der Waals surface area contributed by atoms with Crippen LogP contribution in [0.5, 0.6) is 5.75 Å². The molecule has 18 heavy (non-hydrogen) atoms. The maximum Gasteiger partial charge on any atom is 0.573 e. The Morgan fingerprint density at radius 3 is 2.44 bits per heavy atom. The fourth-order valence-electron chi connectivity index (χ4n) is 1.25. The molecule has 0 saturated heterocycles. The zero-order valence-corrected chi connectivity index (χ0v) is 10.1. The molecule has 0 aliphatic carbocycles. The van der Waals surface area contributed by atoms with Crippen LogP contribution < -0.4 is 4.74 Å². The molecule has 1 aromatic rings. The summed E-state index contributed by atoms with van der Waals surface area (Å²) in [7, 11) is 0. The Morgan fingerprint density at radius 1 is 1.44 bits per heavy atom. The molecule has 0 radical (unpaired) electrons. The maximum atomic E-state index is 12.8. The molecule has 3 nitrogen and oxygen atoms in total. The van der Waals surface area contributed by atoms with E-state index in [0.29, 0.717) is 6.20 Å². The number of aldehydes is 1. The summed E-state index contributed by atoms with van der Waals surface area (Å²) < 4.78 is 65.0. The summed E-state index contributed by atoms with van der Waals surface area (Å²) in [5.74, 6) is -1.11. The molecule has 100 valence electrons. The summed E-state index contributed by atoms with van der Waals surface area (Å²) in [5, 5.41) is -0.247. The van der Waals surface area contributed by atoms with Gasteiger partial charge in [0.05, 0.1) is 11.8 Å². The summed E-state index contributed by atoms with van der Waals surface area (Å²) in [6, 6.07) is 0. The van der Waals surface area contributed by atoms with Gasteiger partial charge in [-0.2, -0.15) is 0 Å². The van der Waals surface area contributed by atoms with Crippen LogP contribution in [0.15, 0.2) is 6.20 Å². The highest BCUT2D eigenvalue weighted by molar-refractivity contribution is 9.08. The highest BCUT2D eigenvalue weighted by Crippen LogP contribution is 2.36. The average Bonchev–Trinajstić information content (AvgIpc) is 2.25. The predicted molar refractivity (Wildman–Crippen MR) is 53.9 cm³/mol. The third kappa shape index (κ3) is 3.37. The van der Waals surface area contributed by atoms with Crippen molar-refractivity contribution in [2.75, 3.05) is 0 Å². The topological polar surface area (TPSA) is 39.2 Å². The highest BCUT2D eigenvalue weighted by Gasteiger charge is 2.34. The van der Waals surface area contributed by atoms with Crippen molar-refractivity contribution >= 4 is 22.2 Å². The molecule has 0 unspecified atom stereocenters. The quantitative estimate of drug-likeness (QED) is 0.480. The molecule has 1 rings (SSSR count). The van der Waals surface area contributed by atoms with Crippen LogP contribution in [-0.4, -0.2) is 17.6 Å². The van der Waals surface area contributed by atoms with E-state index in [0.717, 1.165) is 0 Å². The maximum absolute atomic E-state index is 12.8. The van der Waals surface area contributed by atoms with Gasteiger partial charge in [-0.05, 0) is 0 Å². The minimum absolute atomic E-state index is 0.180. The molecule has 0 N–H and O–H groups in total. The minimum Gasteiger partial charge on any atom is -0.404 e. The number of carbonyl (C=O) groups is 1. The van der Waals surface area contributed by atoms with Crippen LogP contribution in [0.4, 0.5) is 22.0 Å². The van der Waals surface area contributed by atoms with E-state index in [-0.39, 0.29) is 22.9 Å². The molecule has 9 heteroatoms. The van der Waals surface area contributed by atoms with Crippen molar-refractivity contribution < 1.29 is 31.5 Å². The lowest BCUT2D eigenvalue weighted by atomic mass is 10.1. The Hall–Kier alpha value is -1.25. The van der Waals surface area contributed by atoms with Gasteiger partial charge in [-0.25, -0.2) is 13.8 Å². The van der Waals surface area contributed by atoms with Crippen molar-refractivity contribution in [1.82, 2.24) is 4.98 Å². The average molecular weight is 334 g/mol. The Balaban J connectivity index is 3.39. The van der Waals surface area contributed by atoms with Gasteiger partial charge >= 0.3 is 6.36 Å². The SMILES string of the molecule is O=Cc1ncc(OC(F)(F)F)c(C(F)F)c1CBr. The van der Waals surface area contributed by atoms with Crippen molar-refractivity contribution in [3.63, 3.8) is 0 Å².